The maximum Gasteiger partial charge on any atom is 0.337 e. The van der Waals surface area contributed by atoms with Gasteiger partial charge in [-0.15, -0.1) is 11.8 Å². The largest absolute Gasteiger partial charge is 0.497 e. The van der Waals surface area contributed by atoms with E-state index in [1.54, 1.807) is 49.0 Å². The molecule has 3 rings (SSSR count). The molecular weight excluding hydrogens is 476 g/mol. The maximum atomic E-state index is 11.5. The molecule has 0 spiro atoms. The van der Waals surface area contributed by atoms with Crippen molar-refractivity contribution < 1.29 is 19.4 Å². The van der Waals surface area contributed by atoms with E-state index >= 15 is 0 Å². The Hall–Kier alpha value is -2.59. The molecule has 2 aromatic carbocycles. The van der Waals surface area contributed by atoms with Crippen molar-refractivity contribution in [1.82, 2.24) is 4.98 Å². The fraction of sp³-hybridized carbons (Fsp3) is 0.208. The normalized spacial score (nSPS) is 10.6. The maximum absolute atomic E-state index is 11.5. The fourth-order valence-electron chi connectivity index (χ4n) is 2.86. The Kier molecular flexibility index (Phi) is 9.56. The number of ether oxygens (including phenoxy) is 2. The predicted octanol–water partition coefficient (Wildman–Crippen LogP) is 5.66. The van der Waals surface area contributed by atoms with Gasteiger partial charge in [0, 0.05) is 35.3 Å². The van der Waals surface area contributed by atoms with Crippen molar-refractivity contribution in [2.24, 2.45) is 0 Å². The van der Waals surface area contributed by atoms with Crippen molar-refractivity contribution >= 4 is 52.4 Å². The molecule has 0 saturated heterocycles. The first-order valence-corrected chi connectivity index (χ1v) is 12.3. The molecule has 0 radical (unpaired) electrons. The van der Waals surface area contributed by atoms with Crippen LogP contribution >= 0.6 is 35.7 Å². The summed E-state index contributed by atoms with van der Waals surface area (Å²) in [7, 11) is 3.20. The highest BCUT2D eigenvalue weighted by atomic mass is 32.2. The first-order chi connectivity index (χ1) is 16.0. The Morgan fingerprint density at radius 3 is 2.48 bits per heavy atom. The molecule has 0 aliphatic rings. The Balaban J connectivity index is 1.56. The molecule has 2 N–H and O–H groups in total. The van der Waals surface area contributed by atoms with Crippen molar-refractivity contribution in [1.29, 1.82) is 0 Å². The summed E-state index contributed by atoms with van der Waals surface area (Å²) in [6.45, 7) is 0.733. The van der Waals surface area contributed by atoms with Gasteiger partial charge in [0.1, 0.15) is 10.8 Å². The average molecular weight is 501 g/mol. The van der Waals surface area contributed by atoms with Crippen LogP contribution in [0.3, 0.4) is 0 Å². The summed E-state index contributed by atoms with van der Waals surface area (Å²) in [6.07, 6.45) is 2.24. The van der Waals surface area contributed by atoms with Crippen molar-refractivity contribution in [3.05, 3.63) is 71.9 Å². The van der Waals surface area contributed by atoms with Crippen LogP contribution in [-0.4, -0.2) is 47.6 Å². The summed E-state index contributed by atoms with van der Waals surface area (Å²) in [4.78, 5) is 18.9. The van der Waals surface area contributed by atoms with Gasteiger partial charge in [-0.1, -0.05) is 30.0 Å². The number of thioether (sulfide) groups is 1. The topological polar surface area (TPSA) is 80.7 Å². The zero-order chi connectivity index (χ0) is 23.6. The number of aromatic nitrogens is 1. The number of carbonyl (C=O) groups is 1. The van der Waals surface area contributed by atoms with E-state index in [0.29, 0.717) is 22.8 Å². The van der Waals surface area contributed by atoms with E-state index in [1.165, 1.54) is 18.1 Å². The second-order valence-electron chi connectivity index (χ2n) is 6.86. The van der Waals surface area contributed by atoms with Crippen molar-refractivity contribution in [2.75, 3.05) is 31.9 Å². The van der Waals surface area contributed by atoms with Gasteiger partial charge in [-0.25, -0.2) is 9.78 Å². The van der Waals surface area contributed by atoms with Crippen LogP contribution in [0.5, 0.6) is 5.75 Å². The van der Waals surface area contributed by atoms with Crippen LogP contribution in [0.4, 0.5) is 5.69 Å². The third-order valence-electron chi connectivity index (χ3n) is 4.50. The summed E-state index contributed by atoms with van der Waals surface area (Å²) in [5, 5.41) is 13.4. The average Bonchev–Trinajstić information content (AvgIpc) is 2.81. The van der Waals surface area contributed by atoms with E-state index < -0.39 is 5.97 Å². The van der Waals surface area contributed by atoms with Gasteiger partial charge in [0.2, 0.25) is 0 Å². The Morgan fingerprint density at radius 1 is 1.09 bits per heavy atom. The van der Waals surface area contributed by atoms with Crippen molar-refractivity contribution in [3.8, 4) is 5.75 Å². The molecule has 3 aromatic rings. The van der Waals surface area contributed by atoms with Crippen molar-refractivity contribution in [2.45, 2.75) is 21.2 Å². The number of thiocarbonyl (C=S) groups is 1. The lowest BCUT2D eigenvalue weighted by molar-refractivity contribution is 0.0697. The molecule has 0 aliphatic heterocycles. The third kappa shape index (κ3) is 7.75. The van der Waals surface area contributed by atoms with Crippen LogP contribution in [0.2, 0.25) is 0 Å². The molecule has 0 fully saturated rings. The monoisotopic (exact) mass is 500 g/mol. The van der Waals surface area contributed by atoms with Crippen molar-refractivity contribution in [3.63, 3.8) is 0 Å². The number of rotatable bonds is 11. The van der Waals surface area contributed by atoms with Crippen LogP contribution in [0.15, 0.2) is 75.6 Å². The summed E-state index contributed by atoms with van der Waals surface area (Å²) >= 11 is 8.79. The number of anilines is 1. The summed E-state index contributed by atoms with van der Waals surface area (Å²) in [6, 6.07) is 17.1. The van der Waals surface area contributed by atoms with Gasteiger partial charge in [0.15, 0.2) is 0 Å². The first kappa shape index (κ1) is 25.0. The lowest BCUT2D eigenvalue weighted by atomic mass is 10.1. The number of aromatic carboxylic acids is 1. The number of carboxylic acid groups (broad SMARTS) is 1. The van der Waals surface area contributed by atoms with Gasteiger partial charge in [0.25, 0.3) is 0 Å². The molecule has 0 atom stereocenters. The second-order valence-corrected chi connectivity index (χ2v) is 9.62. The molecule has 6 nitrogen and oxygen atoms in total. The fourth-order valence-corrected chi connectivity index (χ4v) is 4.71. The molecule has 0 bridgehead atoms. The predicted molar refractivity (Wildman–Crippen MR) is 137 cm³/mol. The first-order valence-electron chi connectivity index (χ1n) is 10.0. The highest BCUT2D eigenvalue weighted by Gasteiger charge is 2.13. The number of nitrogens with one attached hydrogen (secondary N) is 1. The van der Waals surface area contributed by atoms with E-state index in [2.05, 4.69) is 34.6 Å². The highest BCUT2D eigenvalue weighted by Crippen LogP contribution is 2.28. The molecule has 9 heteroatoms. The molecule has 0 aliphatic carbocycles. The third-order valence-corrected chi connectivity index (χ3v) is 6.68. The number of hydrogen-bond donors (Lipinski definition) is 2. The van der Waals surface area contributed by atoms with Crippen LogP contribution in [0, 0.1) is 0 Å². The smallest absolute Gasteiger partial charge is 0.337 e. The van der Waals surface area contributed by atoms with Gasteiger partial charge < -0.3 is 19.9 Å². The van der Waals surface area contributed by atoms with E-state index in [0.717, 1.165) is 27.8 Å². The number of nitrogens with zero attached hydrogens (tertiary/aromatic N) is 1. The standard InChI is InChI=1S/C24H24N2O4S3/c1-29-11-12-32-18-5-7-19(8-6-18)33-23-10-3-16(15-25-23)13-22(31)26-21-9-4-17(30-2)14-20(21)24(27)28/h3-10,14-15H,11-13H2,1-2H3,(H,26,31)(H,27,28). The van der Waals surface area contributed by atoms with Crippen LogP contribution < -0.4 is 10.1 Å². The molecule has 0 unspecified atom stereocenters. The minimum Gasteiger partial charge on any atom is -0.497 e. The lowest BCUT2D eigenvalue weighted by Crippen LogP contribution is -2.15. The number of methoxy groups -OCH3 is 2. The number of carboxylic acids is 1. The van der Waals surface area contributed by atoms with E-state index in [1.807, 2.05) is 12.1 Å². The zero-order valence-electron chi connectivity index (χ0n) is 18.2. The molecule has 1 aromatic heterocycles. The number of benzene rings is 2. The highest BCUT2D eigenvalue weighted by molar-refractivity contribution is 7.99. The second kappa shape index (κ2) is 12.6. The number of hydrogen-bond acceptors (Lipinski definition) is 7. The minimum absolute atomic E-state index is 0.102. The van der Waals surface area contributed by atoms with E-state index in [4.69, 9.17) is 21.7 Å². The van der Waals surface area contributed by atoms with Gasteiger partial charge in [0.05, 0.1) is 30.0 Å². The Labute approximate surface area is 207 Å². The minimum atomic E-state index is -1.05. The Morgan fingerprint density at radius 2 is 1.85 bits per heavy atom. The molecule has 172 valence electrons. The SMILES string of the molecule is COCCSc1ccc(Sc2ccc(CC(=S)Nc3ccc(OC)cc3C(=O)O)cn2)cc1. The summed E-state index contributed by atoms with van der Waals surface area (Å²) in [5.41, 5.74) is 1.47. The summed E-state index contributed by atoms with van der Waals surface area (Å²) in [5.74, 6) is 0.350. The molecule has 1 heterocycles. The molecule has 33 heavy (non-hydrogen) atoms. The molecular formula is C24H24N2O4S3. The molecule has 0 amide bonds. The van der Waals surface area contributed by atoms with Crippen LogP contribution in [0.25, 0.3) is 0 Å². The molecule has 0 saturated carbocycles. The number of pyridine rings is 1. The van der Waals surface area contributed by atoms with Gasteiger partial charge in [-0.05, 0) is 54.1 Å². The van der Waals surface area contributed by atoms with Crippen LogP contribution in [-0.2, 0) is 11.2 Å². The van der Waals surface area contributed by atoms with Gasteiger partial charge in [-0.2, -0.15) is 0 Å². The lowest BCUT2D eigenvalue weighted by Gasteiger charge is -2.12. The quantitative estimate of drug-likeness (QED) is 0.197. The van der Waals surface area contributed by atoms with Gasteiger partial charge >= 0.3 is 5.97 Å². The summed E-state index contributed by atoms with van der Waals surface area (Å²) < 4.78 is 10.2. The Bertz CT molecular complexity index is 1090. The zero-order valence-corrected chi connectivity index (χ0v) is 20.7. The van der Waals surface area contributed by atoms with E-state index in [-0.39, 0.29) is 5.56 Å². The van der Waals surface area contributed by atoms with E-state index in [9.17, 15) is 9.90 Å². The van der Waals surface area contributed by atoms with Crippen LogP contribution in [0.1, 0.15) is 15.9 Å². The van der Waals surface area contributed by atoms with Gasteiger partial charge in [-0.3, -0.25) is 0 Å².